The summed E-state index contributed by atoms with van der Waals surface area (Å²) >= 11 is 0. The summed E-state index contributed by atoms with van der Waals surface area (Å²) in [4.78, 5) is 21.3. The fourth-order valence-corrected chi connectivity index (χ4v) is 3.68. The molecule has 32 heavy (non-hydrogen) atoms. The molecule has 0 aliphatic carbocycles. The van der Waals surface area contributed by atoms with Crippen molar-refractivity contribution in [2.24, 2.45) is 0 Å². The summed E-state index contributed by atoms with van der Waals surface area (Å²) in [5.41, 5.74) is 1.88. The monoisotopic (exact) mass is 436 g/mol. The first-order valence-electron chi connectivity index (χ1n) is 10.8. The van der Waals surface area contributed by atoms with E-state index in [4.69, 9.17) is 14.0 Å². The average Bonchev–Trinajstić information content (AvgIpc) is 3.29. The zero-order valence-corrected chi connectivity index (χ0v) is 18.5. The highest BCUT2D eigenvalue weighted by Crippen LogP contribution is 2.20. The first-order valence-corrected chi connectivity index (χ1v) is 10.8. The van der Waals surface area contributed by atoms with Gasteiger partial charge in [0.2, 0.25) is 17.6 Å². The Hall–Kier alpha value is -3.39. The zero-order valence-electron chi connectivity index (χ0n) is 18.5. The molecular formula is C24H28N4O4. The number of carbonyl (C=O) groups excluding carboxylic acids is 1. The van der Waals surface area contributed by atoms with E-state index in [1.165, 1.54) is 0 Å². The third-order valence-corrected chi connectivity index (χ3v) is 5.49. The number of hydrogen-bond donors (Lipinski definition) is 0. The van der Waals surface area contributed by atoms with Crippen LogP contribution in [0.5, 0.6) is 11.5 Å². The van der Waals surface area contributed by atoms with Gasteiger partial charge in [-0.15, -0.1) is 0 Å². The Labute approximate surface area is 187 Å². The highest BCUT2D eigenvalue weighted by molar-refractivity contribution is 5.79. The molecule has 1 saturated heterocycles. The van der Waals surface area contributed by atoms with Crippen molar-refractivity contribution in [1.82, 2.24) is 19.9 Å². The van der Waals surface area contributed by atoms with Gasteiger partial charge in [0, 0.05) is 31.7 Å². The second-order valence-corrected chi connectivity index (χ2v) is 7.65. The minimum atomic E-state index is 0.147. The van der Waals surface area contributed by atoms with Gasteiger partial charge in [0.25, 0.3) is 0 Å². The van der Waals surface area contributed by atoms with Crippen molar-refractivity contribution in [3.8, 4) is 22.9 Å². The topological polar surface area (TPSA) is 80.9 Å². The lowest BCUT2D eigenvalue weighted by Gasteiger charge is -2.34. The quantitative estimate of drug-likeness (QED) is 0.537. The maximum Gasteiger partial charge on any atom is 0.241 e. The fraction of sp³-hybridized carbons (Fsp3) is 0.375. The van der Waals surface area contributed by atoms with Crippen LogP contribution in [0.1, 0.15) is 18.4 Å². The minimum absolute atomic E-state index is 0.147. The Balaban J connectivity index is 1.25. The van der Waals surface area contributed by atoms with Crippen molar-refractivity contribution in [3.63, 3.8) is 0 Å². The summed E-state index contributed by atoms with van der Waals surface area (Å²) in [6.07, 6.45) is 0.404. The molecule has 0 unspecified atom stereocenters. The standard InChI is InChI=1S/C24H28N4O4/c1-3-31-21-8-4-18(5-9-21)16-23(29)28-14-12-27(13-15-28)17-22-25-24(26-32-22)19-6-10-20(30-2)11-7-19/h4-11H,3,12-17H2,1-2H3. The molecule has 0 radical (unpaired) electrons. The Morgan fingerprint density at radius 2 is 1.69 bits per heavy atom. The summed E-state index contributed by atoms with van der Waals surface area (Å²) in [6, 6.07) is 15.3. The molecule has 1 aliphatic heterocycles. The van der Waals surface area contributed by atoms with Crippen LogP contribution >= 0.6 is 0 Å². The molecule has 0 N–H and O–H groups in total. The third kappa shape index (κ3) is 5.45. The number of carbonyl (C=O) groups is 1. The van der Waals surface area contributed by atoms with E-state index in [9.17, 15) is 4.79 Å². The van der Waals surface area contributed by atoms with E-state index in [-0.39, 0.29) is 5.91 Å². The van der Waals surface area contributed by atoms with E-state index in [0.717, 1.165) is 35.7 Å². The minimum Gasteiger partial charge on any atom is -0.497 e. The van der Waals surface area contributed by atoms with Crippen molar-refractivity contribution in [2.45, 2.75) is 19.9 Å². The van der Waals surface area contributed by atoms with Gasteiger partial charge in [-0.05, 0) is 48.9 Å². The van der Waals surface area contributed by atoms with Gasteiger partial charge >= 0.3 is 0 Å². The number of aromatic nitrogens is 2. The first kappa shape index (κ1) is 21.8. The Kier molecular flexibility index (Phi) is 7.01. The van der Waals surface area contributed by atoms with E-state index in [2.05, 4.69) is 15.0 Å². The Morgan fingerprint density at radius 3 is 2.34 bits per heavy atom. The van der Waals surface area contributed by atoms with Crippen LogP contribution in [-0.2, 0) is 17.8 Å². The van der Waals surface area contributed by atoms with Crippen LogP contribution in [0.25, 0.3) is 11.4 Å². The van der Waals surface area contributed by atoms with Crippen LogP contribution in [0.2, 0.25) is 0 Å². The van der Waals surface area contributed by atoms with Crippen LogP contribution in [0, 0.1) is 0 Å². The van der Waals surface area contributed by atoms with Crippen LogP contribution in [0.4, 0.5) is 0 Å². The van der Waals surface area contributed by atoms with E-state index < -0.39 is 0 Å². The van der Waals surface area contributed by atoms with Crippen molar-refractivity contribution >= 4 is 5.91 Å². The SMILES string of the molecule is CCOc1ccc(CC(=O)N2CCN(Cc3nc(-c4ccc(OC)cc4)no3)CC2)cc1. The van der Waals surface area contributed by atoms with E-state index >= 15 is 0 Å². The van der Waals surface area contributed by atoms with Crippen molar-refractivity contribution in [3.05, 3.63) is 60.0 Å². The van der Waals surface area contributed by atoms with Gasteiger partial charge in [0.15, 0.2) is 0 Å². The van der Waals surface area contributed by atoms with Gasteiger partial charge in [-0.2, -0.15) is 4.98 Å². The summed E-state index contributed by atoms with van der Waals surface area (Å²) in [5, 5.41) is 4.09. The number of piperazine rings is 1. The number of rotatable bonds is 8. The molecule has 168 valence electrons. The Bertz CT molecular complexity index is 1010. The maximum absolute atomic E-state index is 12.7. The van der Waals surface area contributed by atoms with Gasteiger partial charge in [-0.1, -0.05) is 17.3 Å². The molecular weight excluding hydrogens is 408 g/mol. The lowest BCUT2D eigenvalue weighted by atomic mass is 10.1. The number of hydrogen-bond acceptors (Lipinski definition) is 7. The summed E-state index contributed by atoms with van der Waals surface area (Å²) in [7, 11) is 1.63. The first-order chi connectivity index (χ1) is 15.6. The molecule has 3 aromatic rings. The van der Waals surface area contributed by atoms with Crippen molar-refractivity contribution < 1.29 is 18.8 Å². The van der Waals surface area contributed by atoms with Gasteiger partial charge < -0.3 is 18.9 Å². The van der Waals surface area contributed by atoms with E-state index in [1.807, 2.05) is 60.4 Å². The average molecular weight is 437 g/mol. The molecule has 2 aromatic carbocycles. The smallest absolute Gasteiger partial charge is 0.241 e. The molecule has 0 bridgehead atoms. The number of methoxy groups -OCH3 is 1. The van der Waals surface area contributed by atoms with Crippen molar-refractivity contribution in [2.75, 3.05) is 39.9 Å². The fourth-order valence-electron chi connectivity index (χ4n) is 3.68. The summed E-state index contributed by atoms with van der Waals surface area (Å²) < 4.78 is 16.1. The predicted molar refractivity (Wildman–Crippen MR) is 119 cm³/mol. The summed E-state index contributed by atoms with van der Waals surface area (Å²) in [6.45, 7) is 6.09. The third-order valence-electron chi connectivity index (χ3n) is 5.49. The van der Waals surface area contributed by atoms with Gasteiger partial charge in [0.1, 0.15) is 11.5 Å². The molecule has 1 fully saturated rings. The van der Waals surface area contributed by atoms with E-state index in [1.54, 1.807) is 7.11 Å². The number of benzene rings is 2. The molecule has 8 heteroatoms. The molecule has 0 spiro atoms. The van der Waals surface area contributed by atoms with Crippen molar-refractivity contribution in [1.29, 1.82) is 0 Å². The second kappa shape index (κ2) is 10.3. The van der Waals surface area contributed by atoms with Crippen LogP contribution in [0.15, 0.2) is 53.1 Å². The highest BCUT2D eigenvalue weighted by Gasteiger charge is 2.23. The lowest BCUT2D eigenvalue weighted by Crippen LogP contribution is -2.48. The molecule has 1 amide bonds. The molecule has 1 aromatic heterocycles. The van der Waals surface area contributed by atoms with Crippen LogP contribution in [0.3, 0.4) is 0 Å². The number of amides is 1. The number of ether oxygens (including phenoxy) is 2. The second-order valence-electron chi connectivity index (χ2n) is 7.65. The summed E-state index contributed by atoms with van der Waals surface area (Å²) in [5.74, 6) is 2.89. The number of nitrogens with zero attached hydrogens (tertiary/aromatic N) is 4. The zero-order chi connectivity index (χ0) is 22.3. The molecule has 0 saturated carbocycles. The molecule has 0 atom stereocenters. The maximum atomic E-state index is 12.7. The predicted octanol–water partition coefficient (Wildman–Crippen LogP) is 3.03. The Morgan fingerprint density at radius 1 is 1.00 bits per heavy atom. The lowest BCUT2D eigenvalue weighted by molar-refractivity contribution is -0.132. The molecule has 2 heterocycles. The van der Waals surface area contributed by atoms with Gasteiger partial charge in [-0.25, -0.2) is 0 Å². The highest BCUT2D eigenvalue weighted by atomic mass is 16.5. The largest absolute Gasteiger partial charge is 0.497 e. The molecule has 4 rings (SSSR count). The van der Waals surface area contributed by atoms with Crippen LogP contribution < -0.4 is 9.47 Å². The van der Waals surface area contributed by atoms with Gasteiger partial charge in [0.05, 0.1) is 26.7 Å². The molecule has 1 aliphatic rings. The van der Waals surface area contributed by atoms with Crippen LogP contribution in [-0.4, -0.2) is 65.7 Å². The normalized spacial score (nSPS) is 14.4. The van der Waals surface area contributed by atoms with Gasteiger partial charge in [-0.3, -0.25) is 9.69 Å². The van der Waals surface area contributed by atoms with E-state index in [0.29, 0.717) is 44.4 Å². The molecule has 8 nitrogen and oxygen atoms in total.